The van der Waals surface area contributed by atoms with Gasteiger partial charge in [0.25, 0.3) is 0 Å². The molecule has 0 saturated carbocycles. The maximum Gasteiger partial charge on any atom is 0.191 e. The van der Waals surface area contributed by atoms with E-state index in [0.717, 1.165) is 61.8 Å². The number of morpholine rings is 1. The number of ether oxygens (including phenoxy) is 1. The predicted octanol–water partition coefficient (Wildman–Crippen LogP) is 3.02. The van der Waals surface area contributed by atoms with Crippen LogP contribution in [0.5, 0.6) is 0 Å². The van der Waals surface area contributed by atoms with E-state index in [0.29, 0.717) is 6.54 Å². The Morgan fingerprint density at radius 3 is 2.68 bits per heavy atom. The van der Waals surface area contributed by atoms with Crippen molar-refractivity contribution < 1.29 is 4.74 Å². The highest BCUT2D eigenvalue weighted by molar-refractivity contribution is 14.0. The van der Waals surface area contributed by atoms with Gasteiger partial charge in [-0.1, -0.05) is 24.3 Å². The van der Waals surface area contributed by atoms with Crippen molar-refractivity contribution in [2.24, 2.45) is 4.99 Å². The summed E-state index contributed by atoms with van der Waals surface area (Å²) in [5.41, 5.74) is 2.20. The van der Waals surface area contributed by atoms with Gasteiger partial charge < -0.3 is 15.4 Å². The van der Waals surface area contributed by atoms with Crippen LogP contribution in [-0.4, -0.2) is 60.8 Å². The Bertz CT molecular complexity index is 769. The Labute approximate surface area is 185 Å². The van der Waals surface area contributed by atoms with Crippen molar-refractivity contribution in [1.29, 1.82) is 0 Å². The van der Waals surface area contributed by atoms with Gasteiger partial charge in [0.1, 0.15) is 0 Å². The lowest BCUT2D eigenvalue weighted by molar-refractivity contribution is -0.00834. The number of guanidine groups is 1. The first-order chi connectivity index (χ1) is 13.1. The van der Waals surface area contributed by atoms with Crippen LogP contribution < -0.4 is 10.6 Å². The Kier molecular flexibility index (Phi) is 8.91. The minimum atomic E-state index is 0. The van der Waals surface area contributed by atoms with E-state index in [1.807, 2.05) is 12.3 Å². The Balaban J connectivity index is 0.00000280. The van der Waals surface area contributed by atoms with Gasteiger partial charge in [-0.25, -0.2) is 4.99 Å². The highest BCUT2D eigenvalue weighted by Gasteiger charge is 2.28. The van der Waals surface area contributed by atoms with Crippen LogP contribution >= 0.6 is 24.0 Å². The van der Waals surface area contributed by atoms with E-state index in [2.05, 4.69) is 65.6 Å². The maximum absolute atomic E-state index is 5.48. The molecule has 1 aliphatic rings. The first-order valence-electron chi connectivity index (χ1n) is 9.78. The SMILES string of the molecule is CCNC(=NCc1cccc2cccnc12)NCC(C)(C)N1CCOCC1.I. The number of halogens is 1. The molecule has 0 unspecified atom stereocenters. The van der Waals surface area contributed by atoms with E-state index in [1.165, 1.54) is 0 Å². The van der Waals surface area contributed by atoms with Crippen molar-refractivity contribution in [2.75, 3.05) is 39.4 Å². The molecule has 1 aromatic carbocycles. The van der Waals surface area contributed by atoms with Crippen molar-refractivity contribution in [3.05, 3.63) is 42.1 Å². The number of aromatic nitrogens is 1. The smallest absolute Gasteiger partial charge is 0.191 e. The molecular formula is C21H32IN5O. The van der Waals surface area contributed by atoms with E-state index in [1.54, 1.807) is 0 Å². The Morgan fingerprint density at radius 2 is 1.93 bits per heavy atom. The van der Waals surface area contributed by atoms with Crippen molar-refractivity contribution in [2.45, 2.75) is 32.9 Å². The third-order valence-electron chi connectivity index (χ3n) is 5.02. The third-order valence-corrected chi connectivity index (χ3v) is 5.02. The molecule has 0 bridgehead atoms. The fourth-order valence-corrected chi connectivity index (χ4v) is 3.38. The predicted molar refractivity (Wildman–Crippen MR) is 126 cm³/mol. The van der Waals surface area contributed by atoms with Crippen LogP contribution in [-0.2, 0) is 11.3 Å². The topological polar surface area (TPSA) is 61.8 Å². The number of rotatable bonds is 6. The Morgan fingerprint density at radius 1 is 1.18 bits per heavy atom. The van der Waals surface area contributed by atoms with Crippen molar-refractivity contribution in [3.63, 3.8) is 0 Å². The van der Waals surface area contributed by atoms with Crippen LogP contribution in [0.3, 0.4) is 0 Å². The molecule has 6 nitrogen and oxygen atoms in total. The lowest BCUT2D eigenvalue weighted by atomic mass is 10.0. The van der Waals surface area contributed by atoms with Gasteiger partial charge in [-0.15, -0.1) is 24.0 Å². The standard InChI is InChI=1S/C21H31N5O.HI/c1-4-22-20(25-16-21(2,3)26-11-13-27-14-12-26)24-15-18-8-5-7-17-9-6-10-23-19(17)18;/h5-10H,4,11-16H2,1-3H3,(H2,22,24,25);1H. The molecule has 2 N–H and O–H groups in total. The summed E-state index contributed by atoms with van der Waals surface area (Å²) in [4.78, 5) is 11.8. The molecule has 1 aliphatic heterocycles. The molecule has 0 aliphatic carbocycles. The summed E-state index contributed by atoms with van der Waals surface area (Å²) in [6, 6.07) is 10.3. The second kappa shape index (κ2) is 10.9. The molecule has 0 amide bonds. The number of para-hydroxylation sites is 1. The number of aliphatic imine (C=N–C) groups is 1. The molecule has 0 spiro atoms. The summed E-state index contributed by atoms with van der Waals surface area (Å²) in [5.74, 6) is 0.840. The summed E-state index contributed by atoms with van der Waals surface area (Å²) in [5, 5.41) is 8.01. The zero-order valence-corrected chi connectivity index (χ0v) is 19.4. The molecule has 2 heterocycles. The van der Waals surface area contributed by atoms with E-state index >= 15 is 0 Å². The molecule has 3 rings (SSSR count). The van der Waals surface area contributed by atoms with Crippen LogP contribution in [0.2, 0.25) is 0 Å². The van der Waals surface area contributed by atoms with E-state index in [4.69, 9.17) is 9.73 Å². The summed E-state index contributed by atoms with van der Waals surface area (Å²) in [7, 11) is 0. The first-order valence-corrected chi connectivity index (χ1v) is 9.78. The van der Waals surface area contributed by atoms with E-state index in [9.17, 15) is 0 Å². The van der Waals surface area contributed by atoms with Gasteiger partial charge in [0.05, 0.1) is 25.3 Å². The van der Waals surface area contributed by atoms with Crippen LogP contribution in [0.4, 0.5) is 0 Å². The first kappa shape index (κ1) is 22.8. The summed E-state index contributed by atoms with van der Waals surface area (Å²) in [6.45, 7) is 12.5. The molecular weight excluding hydrogens is 465 g/mol. The molecule has 7 heteroatoms. The van der Waals surface area contributed by atoms with Crippen LogP contribution in [0.15, 0.2) is 41.5 Å². The van der Waals surface area contributed by atoms with E-state index in [-0.39, 0.29) is 29.5 Å². The number of pyridine rings is 1. The van der Waals surface area contributed by atoms with Crippen molar-refractivity contribution >= 4 is 40.8 Å². The summed E-state index contributed by atoms with van der Waals surface area (Å²) >= 11 is 0. The summed E-state index contributed by atoms with van der Waals surface area (Å²) < 4.78 is 5.48. The van der Waals surface area contributed by atoms with Crippen LogP contribution in [0, 0.1) is 0 Å². The van der Waals surface area contributed by atoms with Crippen molar-refractivity contribution in [3.8, 4) is 0 Å². The van der Waals surface area contributed by atoms with Gasteiger partial charge >= 0.3 is 0 Å². The minimum absolute atomic E-state index is 0. The normalized spacial score (nSPS) is 15.9. The molecule has 0 atom stereocenters. The largest absolute Gasteiger partial charge is 0.379 e. The number of fused-ring (bicyclic) bond motifs is 1. The monoisotopic (exact) mass is 497 g/mol. The molecule has 2 aromatic rings. The van der Waals surface area contributed by atoms with Gasteiger partial charge in [0.15, 0.2) is 5.96 Å². The average Bonchev–Trinajstić information content (AvgIpc) is 2.71. The maximum atomic E-state index is 5.48. The zero-order chi connectivity index (χ0) is 19.1. The molecule has 0 radical (unpaired) electrons. The summed E-state index contributed by atoms with van der Waals surface area (Å²) in [6.07, 6.45) is 1.84. The number of nitrogens with one attached hydrogen (secondary N) is 2. The lowest BCUT2D eigenvalue weighted by Gasteiger charge is -2.41. The molecule has 28 heavy (non-hydrogen) atoms. The Hall–Kier alpha value is -1.45. The number of hydrogen-bond acceptors (Lipinski definition) is 4. The van der Waals surface area contributed by atoms with Gasteiger partial charge in [-0.2, -0.15) is 0 Å². The molecule has 1 aromatic heterocycles. The van der Waals surface area contributed by atoms with Crippen LogP contribution in [0.25, 0.3) is 10.9 Å². The third kappa shape index (κ3) is 6.02. The molecule has 154 valence electrons. The zero-order valence-electron chi connectivity index (χ0n) is 17.1. The van der Waals surface area contributed by atoms with Gasteiger partial charge in [-0.3, -0.25) is 9.88 Å². The van der Waals surface area contributed by atoms with Crippen LogP contribution in [0.1, 0.15) is 26.3 Å². The van der Waals surface area contributed by atoms with Gasteiger partial charge in [0, 0.05) is 43.3 Å². The highest BCUT2D eigenvalue weighted by atomic mass is 127. The second-order valence-corrected chi connectivity index (χ2v) is 7.45. The second-order valence-electron chi connectivity index (χ2n) is 7.45. The number of nitrogens with zero attached hydrogens (tertiary/aromatic N) is 3. The quantitative estimate of drug-likeness (QED) is 0.365. The van der Waals surface area contributed by atoms with Gasteiger partial charge in [0.2, 0.25) is 0 Å². The molecule has 1 saturated heterocycles. The fraction of sp³-hybridized carbons (Fsp3) is 0.524. The van der Waals surface area contributed by atoms with Gasteiger partial charge in [-0.05, 0) is 32.4 Å². The molecule has 1 fully saturated rings. The number of hydrogen-bond donors (Lipinski definition) is 2. The number of benzene rings is 1. The lowest BCUT2D eigenvalue weighted by Crippen LogP contribution is -2.56. The minimum Gasteiger partial charge on any atom is -0.379 e. The average molecular weight is 497 g/mol. The van der Waals surface area contributed by atoms with Crippen molar-refractivity contribution in [1.82, 2.24) is 20.5 Å². The van der Waals surface area contributed by atoms with E-state index < -0.39 is 0 Å². The fourth-order valence-electron chi connectivity index (χ4n) is 3.38. The highest BCUT2D eigenvalue weighted by Crippen LogP contribution is 2.17.